The lowest BCUT2D eigenvalue weighted by molar-refractivity contribution is 0.261. The van der Waals surface area contributed by atoms with Crippen LogP contribution in [-0.2, 0) is 0 Å². The SMILES string of the molecule is CN(C)CCOc1cc(N)ccc1Cl.COc1cc(C)c(S)c(C)c1C. The number of nitrogens with zero attached hydrogens (tertiary/aromatic N) is 1. The smallest absolute Gasteiger partial charge is 0.140 e. The maximum Gasteiger partial charge on any atom is 0.140 e. The molecule has 0 fully saturated rings. The average Bonchev–Trinajstić information content (AvgIpc) is 2.59. The van der Waals surface area contributed by atoms with Gasteiger partial charge in [0.2, 0.25) is 0 Å². The van der Waals surface area contributed by atoms with Crippen LogP contribution in [0.25, 0.3) is 0 Å². The summed E-state index contributed by atoms with van der Waals surface area (Å²) >= 11 is 10.3. The number of benzene rings is 2. The molecule has 0 radical (unpaired) electrons. The van der Waals surface area contributed by atoms with Gasteiger partial charge in [0.25, 0.3) is 0 Å². The number of halogens is 1. The summed E-state index contributed by atoms with van der Waals surface area (Å²) in [6.45, 7) is 7.61. The maximum absolute atomic E-state index is 5.92. The van der Waals surface area contributed by atoms with E-state index in [2.05, 4.69) is 19.6 Å². The minimum absolute atomic E-state index is 0.595. The molecule has 2 aromatic rings. The molecule has 0 aliphatic rings. The van der Waals surface area contributed by atoms with Crippen LogP contribution in [0.3, 0.4) is 0 Å². The molecule has 4 nitrogen and oxygen atoms in total. The molecule has 2 aromatic carbocycles. The Morgan fingerprint density at radius 3 is 2.31 bits per heavy atom. The van der Waals surface area contributed by atoms with Crippen LogP contribution in [0.15, 0.2) is 29.2 Å². The fourth-order valence-electron chi connectivity index (χ4n) is 2.21. The monoisotopic (exact) mass is 396 g/mol. The predicted molar refractivity (Wildman–Crippen MR) is 114 cm³/mol. The molecule has 0 amide bonds. The zero-order valence-electron chi connectivity index (χ0n) is 16.4. The van der Waals surface area contributed by atoms with Crippen molar-refractivity contribution >= 4 is 29.9 Å². The second-order valence-corrected chi connectivity index (χ2v) is 7.19. The van der Waals surface area contributed by atoms with Crippen LogP contribution < -0.4 is 15.2 Å². The molecule has 2 rings (SSSR count). The van der Waals surface area contributed by atoms with Gasteiger partial charge in [-0.15, -0.1) is 12.6 Å². The summed E-state index contributed by atoms with van der Waals surface area (Å²) in [5.74, 6) is 1.59. The van der Waals surface area contributed by atoms with Crippen molar-refractivity contribution in [3.63, 3.8) is 0 Å². The van der Waals surface area contributed by atoms with Crippen LogP contribution in [0.5, 0.6) is 11.5 Å². The van der Waals surface area contributed by atoms with Crippen molar-refractivity contribution in [2.45, 2.75) is 25.7 Å². The van der Waals surface area contributed by atoms with E-state index in [-0.39, 0.29) is 0 Å². The summed E-state index contributed by atoms with van der Waals surface area (Å²) in [6, 6.07) is 7.24. The Morgan fingerprint density at radius 2 is 1.73 bits per heavy atom. The second-order valence-electron chi connectivity index (χ2n) is 6.34. The van der Waals surface area contributed by atoms with Crippen LogP contribution in [-0.4, -0.2) is 39.3 Å². The van der Waals surface area contributed by atoms with E-state index in [9.17, 15) is 0 Å². The number of hydrogen-bond acceptors (Lipinski definition) is 5. The molecule has 0 saturated carbocycles. The maximum atomic E-state index is 5.92. The molecule has 6 heteroatoms. The minimum Gasteiger partial charge on any atom is -0.496 e. The fraction of sp³-hybridized carbons (Fsp3) is 0.400. The second kappa shape index (κ2) is 10.6. The van der Waals surface area contributed by atoms with Gasteiger partial charge in [-0.25, -0.2) is 0 Å². The summed E-state index contributed by atoms with van der Waals surface area (Å²) in [5.41, 5.74) is 9.81. The van der Waals surface area contributed by atoms with E-state index >= 15 is 0 Å². The number of likely N-dealkylation sites (N-methyl/N-ethyl adjacent to an activating group) is 1. The molecule has 0 saturated heterocycles. The first-order valence-corrected chi connectivity index (χ1v) is 9.16. The molecule has 0 spiro atoms. The van der Waals surface area contributed by atoms with Gasteiger partial charge in [-0.2, -0.15) is 0 Å². The largest absolute Gasteiger partial charge is 0.496 e. The fourth-order valence-corrected chi connectivity index (χ4v) is 2.62. The molecule has 0 aliphatic heterocycles. The van der Waals surface area contributed by atoms with E-state index in [4.69, 9.17) is 26.8 Å². The van der Waals surface area contributed by atoms with E-state index < -0.39 is 0 Å². The predicted octanol–water partition coefficient (Wildman–Crippen LogP) is 4.77. The van der Waals surface area contributed by atoms with Crippen molar-refractivity contribution in [3.8, 4) is 11.5 Å². The lowest BCUT2D eigenvalue weighted by Crippen LogP contribution is -2.19. The molecular formula is C20H29ClN2O2S. The molecule has 0 bridgehead atoms. The Morgan fingerprint density at radius 1 is 1.08 bits per heavy atom. The van der Waals surface area contributed by atoms with Gasteiger partial charge < -0.3 is 20.1 Å². The Bertz CT molecular complexity index is 736. The average molecular weight is 397 g/mol. The third-order valence-electron chi connectivity index (χ3n) is 3.98. The summed E-state index contributed by atoms with van der Waals surface area (Å²) in [4.78, 5) is 3.11. The Kier molecular flexibility index (Phi) is 9.13. The topological polar surface area (TPSA) is 47.7 Å². The van der Waals surface area contributed by atoms with E-state index in [0.29, 0.717) is 23.1 Å². The first-order chi connectivity index (χ1) is 12.2. The first-order valence-electron chi connectivity index (χ1n) is 8.33. The standard InChI is InChI=1S/C10H15ClN2O.C10H14OS/c1-13(2)5-6-14-10-7-8(12)3-4-9(10)11;1-6-5-9(11-4)7(2)8(3)10(6)12/h3-4,7H,5-6,12H2,1-2H3;5,12H,1-4H3. The van der Waals surface area contributed by atoms with Gasteiger partial charge in [-0.05, 0) is 69.8 Å². The summed E-state index contributed by atoms with van der Waals surface area (Å²) in [7, 11) is 5.67. The molecule has 144 valence electrons. The number of hydrogen-bond donors (Lipinski definition) is 2. The van der Waals surface area contributed by atoms with Gasteiger partial charge in [-0.3, -0.25) is 0 Å². The van der Waals surface area contributed by atoms with Crippen LogP contribution in [0, 0.1) is 20.8 Å². The van der Waals surface area contributed by atoms with Crippen LogP contribution in [0.1, 0.15) is 16.7 Å². The number of aryl methyl sites for hydroxylation is 1. The van der Waals surface area contributed by atoms with Crippen molar-refractivity contribution in [3.05, 3.63) is 46.0 Å². The van der Waals surface area contributed by atoms with Gasteiger partial charge >= 0.3 is 0 Å². The highest BCUT2D eigenvalue weighted by Crippen LogP contribution is 2.29. The van der Waals surface area contributed by atoms with E-state index in [1.54, 1.807) is 25.3 Å². The molecule has 0 aromatic heterocycles. The Labute approximate surface area is 167 Å². The molecule has 0 atom stereocenters. The number of ether oxygens (including phenoxy) is 2. The number of anilines is 1. The number of rotatable bonds is 5. The van der Waals surface area contributed by atoms with Crippen molar-refractivity contribution < 1.29 is 9.47 Å². The van der Waals surface area contributed by atoms with Crippen LogP contribution in [0.2, 0.25) is 5.02 Å². The number of nitrogen functional groups attached to an aromatic ring is 1. The highest BCUT2D eigenvalue weighted by molar-refractivity contribution is 7.80. The Balaban J connectivity index is 0.000000263. The quantitative estimate of drug-likeness (QED) is 0.564. The van der Waals surface area contributed by atoms with E-state index in [1.165, 1.54) is 16.7 Å². The zero-order chi connectivity index (χ0) is 19.9. The van der Waals surface area contributed by atoms with E-state index in [1.807, 2.05) is 38.9 Å². The third-order valence-corrected chi connectivity index (χ3v) is 4.98. The van der Waals surface area contributed by atoms with Crippen molar-refractivity contribution in [2.24, 2.45) is 0 Å². The minimum atomic E-state index is 0.595. The van der Waals surface area contributed by atoms with Crippen LogP contribution >= 0.6 is 24.2 Å². The molecule has 26 heavy (non-hydrogen) atoms. The molecular weight excluding hydrogens is 368 g/mol. The van der Waals surface area contributed by atoms with Crippen molar-refractivity contribution in [1.29, 1.82) is 0 Å². The molecule has 0 aliphatic carbocycles. The van der Waals surface area contributed by atoms with Gasteiger partial charge in [0.05, 0.1) is 12.1 Å². The summed E-state index contributed by atoms with van der Waals surface area (Å²) in [6.07, 6.45) is 0. The highest BCUT2D eigenvalue weighted by atomic mass is 35.5. The van der Waals surface area contributed by atoms with Gasteiger partial charge in [0.1, 0.15) is 18.1 Å². The molecule has 0 heterocycles. The van der Waals surface area contributed by atoms with E-state index in [0.717, 1.165) is 17.2 Å². The van der Waals surface area contributed by atoms with Crippen molar-refractivity contribution in [2.75, 3.05) is 40.1 Å². The van der Waals surface area contributed by atoms with Gasteiger partial charge in [0, 0.05) is 23.2 Å². The lowest BCUT2D eigenvalue weighted by atomic mass is 10.1. The summed E-state index contributed by atoms with van der Waals surface area (Å²) < 4.78 is 10.7. The van der Waals surface area contributed by atoms with Crippen molar-refractivity contribution in [1.82, 2.24) is 4.90 Å². The zero-order valence-corrected chi connectivity index (χ0v) is 18.0. The Hall–Kier alpha value is -1.56. The van der Waals surface area contributed by atoms with Crippen LogP contribution in [0.4, 0.5) is 5.69 Å². The van der Waals surface area contributed by atoms with Gasteiger partial charge in [0.15, 0.2) is 0 Å². The first kappa shape index (κ1) is 22.5. The molecule has 2 N–H and O–H groups in total. The lowest BCUT2D eigenvalue weighted by Gasteiger charge is -2.12. The summed E-state index contributed by atoms with van der Waals surface area (Å²) in [5, 5.41) is 0.595. The third kappa shape index (κ3) is 6.63. The number of methoxy groups -OCH3 is 1. The van der Waals surface area contributed by atoms with Gasteiger partial charge in [-0.1, -0.05) is 11.6 Å². The normalized spacial score (nSPS) is 10.3. The molecule has 0 unspecified atom stereocenters. The highest BCUT2D eigenvalue weighted by Gasteiger charge is 2.07. The number of nitrogens with two attached hydrogens (primary N) is 1. The number of thiol groups is 1.